The summed E-state index contributed by atoms with van der Waals surface area (Å²) in [6.07, 6.45) is 0.788. The third-order valence-corrected chi connectivity index (χ3v) is 4.92. The minimum Gasteiger partial charge on any atom is -0.363 e. The highest BCUT2D eigenvalue weighted by molar-refractivity contribution is 8.01. The number of carbonyl (C=O) groups is 1. The number of benzene rings is 1. The SMILES string of the molecule is CNc1nnc(SCC(=O)NCCc2ccc(Cl)cc2)s1. The average Bonchev–Trinajstić information content (AvgIpc) is 2.95. The second-order valence-corrected chi connectivity index (χ2v) is 6.77. The van der Waals surface area contributed by atoms with Gasteiger partial charge < -0.3 is 10.6 Å². The molecule has 1 amide bonds. The highest BCUT2D eigenvalue weighted by Crippen LogP contribution is 2.24. The third kappa shape index (κ3) is 5.53. The Morgan fingerprint density at radius 2 is 2.10 bits per heavy atom. The number of anilines is 1. The molecule has 0 radical (unpaired) electrons. The molecule has 0 aliphatic heterocycles. The van der Waals surface area contributed by atoms with Crippen LogP contribution in [-0.2, 0) is 11.2 Å². The molecule has 21 heavy (non-hydrogen) atoms. The van der Waals surface area contributed by atoms with E-state index < -0.39 is 0 Å². The lowest BCUT2D eigenvalue weighted by molar-refractivity contribution is -0.118. The first kappa shape index (κ1) is 16.1. The van der Waals surface area contributed by atoms with Gasteiger partial charge in [-0.15, -0.1) is 10.2 Å². The van der Waals surface area contributed by atoms with Crippen molar-refractivity contribution in [2.24, 2.45) is 0 Å². The van der Waals surface area contributed by atoms with E-state index >= 15 is 0 Å². The number of rotatable bonds is 7. The lowest BCUT2D eigenvalue weighted by atomic mass is 10.1. The Morgan fingerprint density at radius 3 is 2.76 bits per heavy atom. The molecule has 0 aliphatic rings. The first-order chi connectivity index (χ1) is 10.2. The quantitative estimate of drug-likeness (QED) is 0.757. The lowest BCUT2D eigenvalue weighted by Crippen LogP contribution is -2.27. The number of nitrogens with zero attached hydrogens (tertiary/aromatic N) is 2. The molecule has 0 bridgehead atoms. The zero-order chi connectivity index (χ0) is 15.1. The maximum atomic E-state index is 11.7. The largest absolute Gasteiger partial charge is 0.363 e. The van der Waals surface area contributed by atoms with Crippen molar-refractivity contribution in [2.75, 3.05) is 24.7 Å². The summed E-state index contributed by atoms with van der Waals surface area (Å²) in [5, 5.41) is 15.2. The van der Waals surface area contributed by atoms with Gasteiger partial charge in [0.15, 0.2) is 4.34 Å². The van der Waals surface area contributed by atoms with Crippen LogP contribution in [0.2, 0.25) is 5.02 Å². The number of nitrogens with one attached hydrogen (secondary N) is 2. The molecule has 0 saturated heterocycles. The predicted octanol–water partition coefficient (Wildman–Crippen LogP) is 2.68. The molecule has 0 unspecified atom stereocenters. The monoisotopic (exact) mass is 342 g/mol. The van der Waals surface area contributed by atoms with E-state index in [1.54, 1.807) is 7.05 Å². The molecular weight excluding hydrogens is 328 g/mol. The topological polar surface area (TPSA) is 66.9 Å². The van der Waals surface area contributed by atoms with Crippen LogP contribution in [0.3, 0.4) is 0 Å². The smallest absolute Gasteiger partial charge is 0.230 e. The van der Waals surface area contributed by atoms with Crippen LogP contribution < -0.4 is 10.6 Å². The van der Waals surface area contributed by atoms with Gasteiger partial charge in [0.05, 0.1) is 5.75 Å². The highest BCUT2D eigenvalue weighted by atomic mass is 35.5. The van der Waals surface area contributed by atoms with E-state index in [0.717, 1.165) is 26.5 Å². The number of carbonyl (C=O) groups excluding carboxylic acids is 1. The number of halogens is 1. The minimum atomic E-state index is -0.00447. The summed E-state index contributed by atoms with van der Waals surface area (Å²) in [7, 11) is 1.79. The highest BCUT2D eigenvalue weighted by Gasteiger charge is 2.07. The molecule has 0 fully saturated rings. The maximum Gasteiger partial charge on any atom is 0.230 e. The van der Waals surface area contributed by atoms with E-state index in [1.165, 1.54) is 23.1 Å². The minimum absolute atomic E-state index is 0.00447. The van der Waals surface area contributed by atoms with Crippen LogP contribution in [0.5, 0.6) is 0 Å². The third-order valence-electron chi connectivity index (χ3n) is 2.60. The standard InChI is InChI=1S/C13H15ClN4OS2/c1-15-12-17-18-13(21-12)20-8-11(19)16-7-6-9-2-4-10(14)5-3-9/h2-5H,6-8H2,1H3,(H,15,17)(H,16,19). The van der Waals surface area contributed by atoms with Gasteiger partial charge in [-0.2, -0.15) is 0 Å². The van der Waals surface area contributed by atoms with E-state index in [9.17, 15) is 4.79 Å². The molecular formula is C13H15ClN4OS2. The zero-order valence-electron chi connectivity index (χ0n) is 11.4. The molecule has 5 nitrogen and oxygen atoms in total. The van der Waals surface area contributed by atoms with Crippen LogP contribution in [0, 0.1) is 0 Å². The Morgan fingerprint density at radius 1 is 1.33 bits per heavy atom. The van der Waals surface area contributed by atoms with Crippen LogP contribution in [0.1, 0.15) is 5.56 Å². The van der Waals surface area contributed by atoms with Crippen LogP contribution in [-0.4, -0.2) is 35.4 Å². The summed E-state index contributed by atoms with van der Waals surface area (Å²) in [5.41, 5.74) is 1.15. The maximum absolute atomic E-state index is 11.7. The first-order valence-electron chi connectivity index (χ1n) is 6.32. The summed E-state index contributed by atoms with van der Waals surface area (Å²) < 4.78 is 0.784. The van der Waals surface area contributed by atoms with Crippen molar-refractivity contribution < 1.29 is 4.79 Å². The predicted molar refractivity (Wildman–Crippen MR) is 88.3 cm³/mol. The normalized spacial score (nSPS) is 10.4. The number of thioether (sulfide) groups is 1. The summed E-state index contributed by atoms with van der Waals surface area (Å²) in [6, 6.07) is 7.63. The summed E-state index contributed by atoms with van der Waals surface area (Å²) >= 11 is 8.64. The molecule has 0 spiro atoms. The van der Waals surface area contributed by atoms with Crippen molar-refractivity contribution in [3.8, 4) is 0 Å². The van der Waals surface area contributed by atoms with Gasteiger partial charge in [0.25, 0.3) is 0 Å². The van der Waals surface area contributed by atoms with E-state index in [2.05, 4.69) is 20.8 Å². The number of hydrogen-bond acceptors (Lipinski definition) is 6. The van der Waals surface area contributed by atoms with Gasteiger partial charge in [-0.25, -0.2) is 0 Å². The molecule has 0 aliphatic carbocycles. The molecule has 2 rings (SSSR count). The summed E-state index contributed by atoms with van der Waals surface area (Å²) in [4.78, 5) is 11.7. The molecule has 0 saturated carbocycles. The van der Waals surface area contributed by atoms with Gasteiger partial charge in [0.2, 0.25) is 11.0 Å². The van der Waals surface area contributed by atoms with Gasteiger partial charge in [-0.1, -0.05) is 46.8 Å². The molecule has 0 atom stereocenters. The van der Waals surface area contributed by atoms with Crippen molar-refractivity contribution in [2.45, 2.75) is 10.8 Å². The molecule has 1 aromatic heterocycles. The fourth-order valence-corrected chi connectivity index (χ4v) is 3.21. The molecule has 112 valence electrons. The summed E-state index contributed by atoms with van der Waals surface area (Å²) in [6.45, 7) is 0.610. The Bertz CT molecular complexity index is 588. The number of hydrogen-bond donors (Lipinski definition) is 2. The number of aromatic nitrogens is 2. The van der Waals surface area contributed by atoms with E-state index in [0.29, 0.717) is 12.3 Å². The zero-order valence-corrected chi connectivity index (χ0v) is 13.8. The molecule has 1 heterocycles. The molecule has 1 aromatic carbocycles. The van der Waals surface area contributed by atoms with E-state index in [4.69, 9.17) is 11.6 Å². The van der Waals surface area contributed by atoms with Gasteiger partial charge in [-0.05, 0) is 24.1 Å². The Labute approximate surface area is 136 Å². The molecule has 8 heteroatoms. The van der Waals surface area contributed by atoms with Crippen molar-refractivity contribution in [1.82, 2.24) is 15.5 Å². The average molecular weight is 343 g/mol. The van der Waals surface area contributed by atoms with Crippen LogP contribution >= 0.6 is 34.7 Å². The second kappa shape index (κ2) is 8.21. The fourth-order valence-electron chi connectivity index (χ4n) is 1.54. The molecule has 2 N–H and O–H groups in total. The van der Waals surface area contributed by atoms with Crippen LogP contribution in [0.25, 0.3) is 0 Å². The number of amides is 1. The van der Waals surface area contributed by atoms with Crippen molar-refractivity contribution in [3.63, 3.8) is 0 Å². The van der Waals surface area contributed by atoms with E-state index in [1.807, 2.05) is 24.3 Å². The van der Waals surface area contributed by atoms with Crippen molar-refractivity contribution in [1.29, 1.82) is 0 Å². The first-order valence-corrected chi connectivity index (χ1v) is 8.50. The Kier molecular flexibility index (Phi) is 6.28. The van der Waals surface area contributed by atoms with Crippen LogP contribution in [0.15, 0.2) is 28.6 Å². The van der Waals surface area contributed by atoms with Gasteiger partial charge >= 0.3 is 0 Å². The van der Waals surface area contributed by atoms with E-state index in [-0.39, 0.29) is 5.91 Å². The van der Waals surface area contributed by atoms with Crippen LogP contribution in [0.4, 0.5) is 5.13 Å². The second-order valence-electron chi connectivity index (χ2n) is 4.14. The lowest BCUT2D eigenvalue weighted by Gasteiger charge is -2.04. The van der Waals surface area contributed by atoms with Gasteiger partial charge in [0, 0.05) is 18.6 Å². The van der Waals surface area contributed by atoms with Gasteiger partial charge in [0.1, 0.15) is 0 Å². The summed E-state index contributed by atoms with van der Waals surface area (Å²) in [5.74, 6) is 0.342. The van der Waals surface area contributed by atoms with Crippen molar-refractivity contribution in [3.05, 3.63) is 34.9 Å². The fraction of sp³-hybridized carbons (Fsp3) is 0.308. The molecule has 2 aromatic rings. The Balaban J connectivity index is 1.66. The Hall–Kier alpha value is -1.31. The van der Waals surface area contributed by atoms with Gasteiger partial charge in [-0.3, -0.25) is 4.79 Å². The van der Waals surface area contributed by atoms with Crippen molar-refractivity contribution >= 4 is 45.7 Å².